The molecule has 0 saturated carbocycles. The van der Waals surface area contributed by atoms with Gasteiger partial charge in [-0.25, -0.2) is 23.0 Å². The van der Waals surface area contributed by atoms with E-state index in [1.54, 1.807) is 0 Å². The molecule has 1 aliphatic rings. The summed E-state index contributed by atoms with van der Waals surface area (Å²) >= 11 is 0. The molecule has 0 spiro atoms. The molecule has 0 bridgehead atoms. The van der Waals surface area contributed by atoms with E-state index in [1.807, 2.05) is 0 Å². The number of aliphatic hydroxyl groups excluding tert-OH is 1. The second-order valence-corrected chi connectivity index (χ2v) is 9.63. The molecule has 3 unspecified atom stereocenters. The number of halogens is 1. The largest absolute Gasteiger partial charge is 1.00 e. The minimum Gasteiger partial charge on any atom is -0.856 e. The minimum atomic E-state index is -6.09. The van der Waals surface area contributed by atoms with Gasteiger partial charge in [0, 0.05) is 18.5 Å². The monoisotopic (exact) mass is 574 g/mol. The van der Waals surface area contributed by atoms with Crippen molar-refractivity contribution in [3.05, 3.63) is 22.5 Å². The molecule has 2 heterocycles. The fourth-order valence-electron chi connectivity index (χ4n) is 2.13. The Hall–Kier alpha value is 2.94. The molecule has 0 aromatic carbocycles. The normalized spacial score (nSPS) is 23.5. The summed E-state index contributed by atoms with van der Waals surface area (Å²) in [5.41, 5.74) is -1.22. The van der Waals surface area contributed by atoms with Crippen molar-refractivity contribution in [1.82, 2.24) is 9.55 Å². The third-order valence-corrected chi connectivity index (χ3v) is 6.91. The maximum Gasteiger partial charge on any atom is 1.00 e. The fourth-order valence-corrected chi connectivity index (χ4v) is 5.06. The van der Waals surface area contributed by atoms with Gasteiger partial charge in [0.2, 0.25) is 0 Å². The summed E-state index contributed by atoms with van der Waals surface area (Å²) in [5, 5.41) is 20.8. The zero-order chi connectivity index (χ0) is 22.2. The summed E-state index contributed by atoms with van der Waals surface area (Å²) in [5.74, 6) is -2.82. The Balaban J connectivity index is -0.00000225. The molecular weight excluding hydrogens is 564 g/mol. The van der Waals surface area contributed by atoms with E-state index in [9.17, 15) is 47.8 Å². The third kappa shape index (κ3) is 13.5. The molecule has 0 radical (unpaired) electrons. The summed E-state index contributed by atoms with van der Waals surface area (Å²) in [6, 6.07) is 0. The number of ether oxygens (including phenoxy) is 1. The molecule has 33 heavy (non-hydrogen) atoms. The maximum absolute atomic E-state index is 13.3. The van der Waals surface area contributed by atoms with Gasteiger partial charge in [0.05, 0.1) is 20.5 Å². The van der Waals surface area contributed by atoms with Crippen molar-refractivity contribution in [2.45, 2.75) is 24.9 Å². The first kappa shape index (κ1) is 40.4. The number of aliphatic hydroxyl groups is 1. The van der Waals surface area contributed by atoms with Crippen molar-refractivity contribution in [2.75, 3.05) is 6.61 Å². The number of phosphoric ester groups is 1. The zero-order valence-corrected chi connectivity index (χ0v) is 28.3. The van der Waals surface area contributed by atoms with Crippen LogP contribution in [0.3, 0.4) is 0 Å². The predicted octanol–water partition coefficient (Wildman–Crippen LogP) is -15.4. The quantitative estimate of drug-likeness (QED) is 0.216. The van der Waals surface area contributed by atoms with Crippen LogP contribution in [0.25, 0.3) is 0 Å². The van der Waals surface area contributed by atoms with Crippen LogP contribution in [0.5, 0.6) is 5.88 Å². The van der Waals surface area contributed by atoms with Crippen molar-refractivity contribution in [3.8, 4) is 5.88 Å². The molecule has 1 fully saturated rings. The van der Waals surface area contributed by atoms with Crippen molar-refractivity contribution in [2.24, 2.45) is 0 Å². The van der Waals surface area contributed by atoms with E-state index in [1.165, 1.54) is 0 Å². The Labute approximate surface area is 273 Å². The number of rotatable bonds is 8. The Kier molecular flexibility index (Phi) is 19.8. The van der Waals surface area contributed by atoms with Crippen molar-refractivity contribution < 1.29 is 184 Å². The zero-order valence-electron chi connectivity index (χ0n) is 17.6. The van der Waals surface area contributed by atoms with E-state index in [0.29, 0.717) is 10.8 Å². The predicted molar refractivity (Wildman–Crippen MR) is 75.6 cm³/mol. The fraction of sp³-hybridized carbons (Fsp3) is 0.556. The van der Waals surface area contributed by atoms with E-state index in [0.717, 1.165) is 0 Å². The van der Waals surface area contributed by atoms with Gasteiger partial charge in [0.1, 0.15) is 12.3 Å². The first-order chi connectivity index (χ1) is 13.1. The van der Waals surface area contributed by atoms with Gasteiger partial charge < -0.3 is 43.6 Å². The number of hydrogen-bond acceptors (Lipinski definition) is 14. The van der Waals surface area contributed by atoms with Gasteiger partial charge in [0.15, 0.2) is 5.82 Å². The van der Waals surface area contributed by atoms with E-state index in [-0.39, 0.29) is 118 Å². The smallest absolute Gasteiger partial charge is 0.856 e. The van der Waals surface area contributed by atoms with Crippen LogP contribution < -0.4 is 144 Å². The van der Waals surface area contributed by atoms with Gasteiger partial charge in [-0.2, -0.15) is 0 Å². The Bertz CT molecular complexity index is 980. The van der Waals surface area contributed by atoms with Crippen molar-refractivity contribution >= 4 is 23.5 Å². The Morgan fingerprint density at radius 1 is 1.18 bits per heavy atom. The molecule has 0 amide bonds. The van der Waals surface area contributed by atoms with Crippen LogP contribution in [0, 0.1) is 5.82 Å². The molecular formula is C9H10FN2Na4O14P3. The van der Waals surface area contributed by atoms with Crippen molar-refractivity contribution in [1.29, 1.82) is 0 Å². The molecule has 16 nitrogen and oxygen atoms in total. The third-order valence-electron chi connectivity index (χ3n) is 3.19. The first-order valence-electron chi connectivity index (χ1n) is 7.11. The van der Waals surface area contributed by atoms with Crippen LogP contribution in [0.2, 0.25) is 0 Å². The molecule has 1 aliphatic heterocycles. The molecule has 5 atom stereocenters. The number of nitrogens with zero attached hydrogens (tertiary/aromatic N) is 2. The molecule has 1 aromatic heterocycles. The van der Waals surface area contributed by atoms with Crippen LogP contribution in [0.4, 0.5) is 4.39 Å². The summed E-state index contributed by atoms with van der Waals surface area (Å²) in [4.78, 5) is 55.3. The van der Waals surface area contributed by atoms with E-state index in [2.05, 4.69) is 18.1 Å². The molecule has 2 rings (SSSR count). The van der Waals surface area contributed by atoms with E-state index < -0.39 is 72.3 Å². The molecule has 1 saturated heterocycles. The van der Waals surface area contributed by atoms with Crippen LogP contribution in [-0.2, 0) is 31.6 Å². The standard InChI is InChI=1S/C9H14FN2O14P3.4Na/c10-4-2-12(9(15)11-8(4)14)7-1-5(13)6(24-7)3-23-28(19,20)26-29(21,22)25-27(16,17)18;;;;/h2,5-7,13H,1,3H2,(H,19,20)(H,21,22)(H,11,14,15)(H2,16,17,18);;;;/q;4*+1/p-4/t5?,6-,7-;;;;/m1..../s1. The average Bonchev–Trinajstić information content (AvgIpc) is 2.86. The molecule has 2 N–H and O–H groups in total. The minimum absolute atomic E-state index is 0. The summed E-state index contributed by atoms with van der Waals surface area (Å²) < 4.78 is 62.4. The summed E-state index contributed by atoms with van der Waals surface area (Å²) in [6.07, 6.45) is -4.31. The molecule has 166 valence electrons. The van der Waals surface area contributed by atoms with Gasteiger partial charge in [-0.1, -0.05) is 0 Å². The summed E-state index contributed by atoms with van der Waals surface area (Å²) in [6.45, 7) is -1.07. The maximum atomic E-state index is 13.3. The van der Waals surface area contributed by atoms with Gasteiger partial charge >= 0.3 is 132 Å². The van der Waals surface area contributed by atoms with Crippen molar-refractivity contribution in [3.63, 3.8) is 0 Å². The molecule has 0 aliphatic carbocycles. The number of hydrogen-bond donors (Lipinski definition) is 2. The topological polar surface area (TPSA) is 256 Å². The van der Waals surface area contributed by atoms with E-state index >= 15 is 0 Å². The molecule has 1 aromatic rings. The van der Waals surface area contributed by atoms with Gasteiger partial charge in [0.25, 0.3) is 7.82 Å². The number of phosphoric acid groups is 3. The Morgan fingerprint density at radius 2 is 1.73 bits per heavy atom. The SMILES string of the molecule is O=c1nc([O-])c(F)cn1[C@H]1CC(O)[C@@H](COP(=O)([O-])OP(=O)(O)OP(=O)([O-])[O-])O1.[Na+].[Na+].[Na+].[Na+]. The average molecular weight is 574 g/mol. The van der Waals surface area contributed by atoms with Crippen LogP contribution >= 0.6 is 23.5 Å². The number of aromatic nitrogens is 2. The Morgan fingerprint density at radius 3 is 2.24 bits per heavy atom. The van der Waals surface area contributed by atoms with Crippen LogP contribution in [0.15, 0.2) is 11.0 Å². The first-order valence-corrected chi connectivity index (χ1v) is 11.5. The van der Waals surface area contributed by atoms with Crippen LogP contribution in [-0.4, -0.2) is 38.4 Å². The van der Waals surface area contributed by atoms with Gasteiger partial charge in [-0.05, 0) is 0 Å². The summed E-state index contributed by atoms with van der Waals surface area (Å²) in [7, 11) is -17.7. The second-order valence-electron chi connectivity index (χ2n) is 5.34. The molecule has 24 heteroatoms. The van der Waals surface area contributed by atoms with Gasteiger partial charge in [-0.15, -0.1) is 0 Å². The second kappa shape index (κ2) is 16.1. The van der Waals surface area contributed by atoms with Gasteiger partial charge in [-0.3, -0.25) is 13.4 Å². The van der Waals surface area contributed by atoms with E-state index in [4.69, 9.17) is 9.63 Å². The van der Waals surface area contributed by atoms with Crippen LogP contribution in [0.1, 0.15) is 12.6 Å².